The molecule has 1 aromatic heterocycles. The van der Waals surface area contributed by atoms with E-state index in [2.05, 4.69) is 15.5 Å². The Labute approximate surface area is 81.7 Å². The Kier molecular flexibility index (Phi) is 3.28. The SMILES string of the molecule is C1=CONC(c2cccnc2)=N1.Cl. The first-order valence-electron chi connectivity index (χ1n) is 3.52. The molecule has 0 saturated carbocycles. The van der Waals surface area contributed by atoms with Crippen molar-refractivity contribution in [3.8, 4) is 0 Å². The van der Waals surface area contributed by atoms with Gasteiger partial charge in [-0.1, -0.05) is 0 Å². The van der Waals surface area contributed by atoms with Crippen molar-refractivity contribution in [1.29, 1.82) is 0 Å². The van der Waals surface area contributed by atoms with Crippen molar-refractivity contribution in [2.24, 2.45) is 4.99 Å². The van der Waals surface area contributed by atoms with E-state index in [4.69, 9.17) is 4.84 Å². The number of rotatable bonds is 1. The Hall–Kier alpha value is -1.55. The molecule has 1 N–H and O–H groups in total. The molecular weight excluding hydrogens is 190 g/mol. The van der Waals surface area contributed by atoms with E-state index in [1.165, 1.54) is 6.26 Å². The maximum atomic E-state index is 4.85. The van der Waals surface area contributed by atoms with E-state index in [0.717, 1.165) is 5.56 Å². The van der Waals surface area contributed by atoms with Crippen LogP contribution in [0.25, 0.3) is 0 Å². The summed E-state index contributed by atoms with van der Waals surface area (Å²) in [5.41, 5.74) is 3.56. The molecule has 68 valence electrons. The van der Waals surface area contributed by atoms with Crippen molar-refractivity contribution in [3.05, 3.63) is 42.6 Å². The summed E-state index contributed by atoms with van der Waals surface area (Å²) in [6.45, 7) is 0. The minimum absolute atomic E-state index is 0. The second-order valence-electron chi connectivity index (χ2n) is 2.22. The van der Waals surface area contributed by atoms with Crippen molar-refractivity contribution < 1.29 is 4.84 Å². The van der Waals surface area contributed by atoms with Crippen LogP contribution < -0.4 is 5.48 Å². The van der Waals surface area contributed by atoms with Gasteiger partial charge in [-0.15, -0.1) is 12.4 Å². The lowest BCUT2D eigenvalue weighted by Crippen LogP contribution is -2.24. The molecule has 0 bridgehead atoms. The molecule has 2 rings (SSSR count). The Balaban J connectivity index is 0.000000845. The molecule has 0 aromatic carbocycles. The third kappa shape index (κ3) is 2.19. The van der Waals surface area contributed by atoms with Crippen LogP contribution in [0.5, 0.6) is 0 Å². The number of nitrogens with one attached hydrogen (secondary N) is 1. The standard InChI is InChI=1S/C8H7N3O.ClH/c1-2-7(6-9-3-1)8-10-4-5-12-11-8;/h1-6H,(H,10,11);1H. The zero-order chi connectivity index (χ0) is 8.23. The second-order valence-corrected chi connectivity index (χ2v) is 2.22. The lowest BCUT2D eigenvalue weighted by Gasteiger charge is -2.09. The predicted octanol–water partition coefficient (Wildman–Crippen LogP) is 1.26. The van der Waals surface area contributed by atoms with Crippen LogP contribution in [0.4, 0.5) is 0 Å². The molecule has 5 heteroatoms. The summed E-state index contributed by atoms with van der Waals surface area (Å²) in [5, 5.41) is 0. The van der Waals surface area contributed by atoms with E-state index in [-0.39, 0.29) is 12.4 Å². The first-order valence-corrected chi connectivity index (χ1v) is 3.52. The lowest BCUT2D eigenvalue weighted by atomic mass is 10.3. The Bertz CT molecular complexity index is 323. The summed E-state index contributed by atoms with van der Waals surface area (Å²) >= 11 is 0. The minimum Gasteiger partial charge on any atom is -0.387 e. The van der Waals surface area contributed by atoms with Gasteiger partial charge in [-0.05, 0) is 12.1 Å². The van der Waals surface area contributed by atoms with Gasteiger partial charge in [0.2, 0.25) is 0 Å². The van der Waals surface area contributed by atoms with Gasteiger partial charge in [0, 0.05) is 18.0 Å². The van der Waals surface area contributed by atoms with E-state index >= 15 is 0 Å². The van der Waals surface area contributed by atoms with E-state index < -0.39 is 0 Å². The summed E-state index contributed by atoms with van der Waals surface area (Å²) in [5.74, 6) is 0.672. The number of nitrogens with zero attached hydrogens (tertiary/aromatic N) is 2. The number of pyridine rings is 1. The molecule has 0 radical (unpaired) electrons. The lowest BCUT2D eigenvalue weighted by molar-refractivity contribution is 0.189. The van der Waals surface area contributed by atoms with Crippen molar-refractivity contribution in [2.75, 3.05) is 0 Å². The highest BCUT2D eigenvalue weighted by molar-refractivity contribution is 5.98. The van der Waals surface area contributed by atoms with Crippen LogP contribution >= 0.6 is 12.4 Å². The fourth-order valence-electron chi connectivity index (χ4n) is 0.888. The van der Waals surface area contributed by atoms with Crippen LogP contribution in [0.2, 0.25) is 0 Å². The van der Waals surface area contributed by atoms with Crippen molar-refractivity contribution >= 4 is 18.2 Å². The van der Waals surface area contributed by atoms with Gasteiger partial charge in [-0.25, -0.2) is 10.5 Å². The fraction of sp³-hybridized carbons (Fsp3) is 0. The molecule has 2 heterocycles. The molecule has 0 unspecified atom stereocenters. The predicted molar refractivity (Wildman–Crippen MR) is 51.4 cm³/mol. The van der Waals surface area contributed by atoms with Crippen LogP contribution in [-0.2, 0) is 4.84 Å². The highest BCUT2D eigenvalue weighted by atomic mass is 35.5. The maximum absolute atomic E-state index is 4.85. The first-order chi connectivity index (χ1) is 5.97. The molecule has 0 spiro atoms. The Morgan fingerprint density at radius 2 is 2.31 bits per heavy atom. The van der Waals surface area contributed by atoms with Crippen LogP contribution in [0, 0.1) is 0 Å². The van der Waals surface area contributed by atoms with Gasteiger partial charge >= 0.3 is 0 Å². The van der Waals surface area contributed by atoms with Crippen molar-refractivity contribution in [3.63, 3.8) is 0 Å². The summed E-state index contributed by atoms with van der Waals surface area (Å²) in [6.07, 6.45) is 6.48. The molecule has 0 saturated heterocycles. The normalized spacial score (nSPS) is 13.4. The number of hydrogen-bond donors (Lipinski definition) is 1. The van der Waals surface area contributed by atoms with Gasteiger partial charge in [0.15, 0.2) is 5.84 Å². The molecule has 1 aliphatic rings. The fourth-order valence-corrected chi connectivity index (χ4v) is 0.888. The van der Waals surface area contributed by atoms with Gasteiger partial charge in [0.1, 0.15) is 6.26 Å². The number of halogens is 1. The number of aromatic nitrogens is 1. The van der Waals surface area contributed by atoms with Crippen LogP contribution in [-0.4, -0.2) is 10.8 Å². The molecular formula is C8H8ClN3O. The van der Waals surface area contributed by atoms with E-state index in [0.29, 0.717) is 5.84 Å². The van der Waals surface area contributed by atoms with Crippen molar-refractivity contribution in [1.82, 2.24) is 10.5 Å². The smallest absolute Gasteiger partial charge is 0.169 e. The minimum atomic E-state index is 0. The van der Waals surface area contributed by atoms with Gasteiger partial charge in [-0.3, -0.25) is 4.98 Å². The summed E-state index contributed by atoms with van der Waals surface area (Å²) in [7, 11) is 0. The van der Waals surface area contributed by atoms with Crippen LogP contribution in [0.15, 0.2) is 42.0 Å². The van der Waals surface area contributed by atoms with Gasteiger partial charge in [-0.2, -0.15) is 0 Å². The monoisotopic (exact) mass is 197 g/mol. The molecule has 0 atom stereocenters. The summed E-state index contributed by atoms with van der Waals surface area (Å²) in [6, 6.07) is 3.75. The zero-order valence-electron chi connectivity index (χ0n) is 6.68. The third-order valence-electron chi connectivity index (χ3n) is 1.42. The topological polar surface area (TPSA) is 46.5 Å². The Morgan fingerprint density at radius 3 is 2.92 bits per heavy atom. The average Bonchev–Trinajstić information content (AvgIpc) is 2.21. The van der Waals surface area contributed by atoms with E-state index in [1.807, 2.05) is 12.1 Å². The quantitative estimate of drug-likeness (QED) is 0.737. The van der Waals surface area contributed by atoms with Gasteiger partial charge < -0.3 is 4.84 Å². The molecule has 13 heavy (non-hydrogen) atoms. The van der Waals surface area contributed by atoms with Crippen LogP contribution in [0.1, 0.15) is 5.56 Å². The largest absolute Gasteiger partial charge is 0.387 e. The molecule has 0 fully saturated rings. The number of hydrogen-bond acceptors (Lipinski definition) is 4. The van der Waals surface area contributed by atoms with Gasteiger partial charge in [0.05, 0.1) is 6.20 Å². The number of aliphatic imine (C=N–C) groups is 1. The molecule has 4 nitrogen and oxygen atoms in total. The summed E-state index contributed by atoms with van der Waals surface area (Å²) in [4.78, 5) is 12.9. The molecule has 0 amide bonds. The number of amidine groups is 1. The average molecular weight is 198 g/mol. The highest BCUT2D eigenvalue weighted by Gasteiger charge is 2.03. The van der Waals surface area contributed by atoms with E-state index in [1.54, 1.807) is 18.6 Å². The molecule has 1 aliphatic heterocycles. The molecule has 1 aromatic rings. The van der Waals surface area contributed by atoms with Crippen LogP contribution in [0.3, 0.4) is 0 Å². The second kappa shape index (κ2) is 4.47. The molecule has 0 aliphatic carbocycles. The Morgan fingerprint density at radius 1 is 1.38 bits per heavy atom. The first kappa shape index (κ1) is 9.54. The summed E-state index contributed by atoms with van der Waals surface area (Å²) < 4.78 is 0. The number of hydroxylamine groups is 1. The highest BCUT2D eigenvalue weighted by Crippen LogP contribution is 1.99. The maximum Gasteiger partial charge on any atom is 0.169 e. The zero-order valence-corrected chi connectivity index (χ0v) is 7.49. The van der Waals surface area contributed by atoms with Gasteiger partial charge in [0.25, 0.3) is 0 Å². The van der Waals surface area contributed by atoms with Crippen molar-refractivity contribution in [2.45, 2.75) is 0 Å². The van der Waals surface area contributed by atoms with E-state index in [9.17, 15) is 0 Å². The third-order valence-corrected chi connectivity index (χ3v) is 1.42.